The summed E-state index contributed by atoms with van der Waals surface area (Å²) in [4.78, 5) is 13.3. The molecule has 2 aromatic carbocycles. The van der Waals surface area contributed by atoms with E-state index in [-0.39, 0.29) is 10.8 Å². The Balaban J connectivity index is 1.90. The summed E-state index contributed by atoms with van der Waals surface area (Å²) < 4.78 is 29.2. The maximum Gasteiger partial charge on any atom is 0.259 e. The monoisotopic (exact) mass is 488 g/mol. The number of aromatic nitrogens is 2. The molecule has 3 aromatic rings. The molecule has 0 saturated carbocycles. The van der Waals surface area contributed by atoms with Gasteiger partial charge in [0.05, 0.1) is 22.7 Å². The molecular weight excluding hydrogens is 460 g/mol. The predicted octanol–water partition coefficient (Wildman–Crippen LogP) is 4.79. The number of amides is 1. The van der Waals surface area contributed by atoms with Crippen LogP contribution in [0.5, 0.6) is 0 Å². The number of aryl methyl sites for hydroxylation is 2. The van der Waals surface area contributed by atoms with Gasteiger partial charge in [-0.3, -0.25) is 9.48 Å². The zero-order valence-electron chi connectivity index (χ0n) is 19.5. The van der Waals surface area contributed by atoms with Gasteiger partial charge in [-0.2, -0.15) is 9.40 Å². The van der Waals surface area contributed by atoms with E-state index >= 15 is 0 Å². The van der Waals surface area contributed by atoms with Gasteiger partial charge in [-0.1, -0.05) is 49.7 Å². The van der Waals surface area contributed by atoms with Gasteiger partial charge in [0.15, 0.2) is 0 Å². The van der Waals surface area contributed by atoms with Gasteiger partial charge < -0.3 is 5.32 Å². The second-order valence-corrected chi connectivity index (χ2v) is 10.1. The van der Waals surface area contributed by atoms with Gasteiger partial charge in [0.1, 0.15) is 0 Å². The summed E-state index contributed by atoms with van der Waals surface area (Å²) in [5.41, 5.74) is 3.68. The third-order valence-electron chi connectivity index (χ3n) is 5.66. The lowest BCUT2D eigenvalue weighted by Crippen LogP contribution is -2.31. The molecule has 0 fully saturated rings. The summed E-state index contributed by atoms with van der Waals surface area (Å²) >= 11 is 6.28. The first-order valence-corrected chi connectivity index (χ1v) is 12.6. The van der Waals surface area contributed by atoms with E-state index in [9.17, 15) is 13.2 Å². The first-order valence-electron chi connectivity index (χ1n) is 10.8. The Labute approximate surface area is 200 Å². The molecule has 0 spiro atoms. The van der Waals surface area contributed by atoms with Crippen molar-refractivity contribution in [1.82, 2.24) is 14.1 Å². The molecule has 1 aromatic heterocycles. The Bertz CT molecular complexity index is 1280. The second kappa shape index (κ2) is 10.1. The van der Waals surface area contributed by atoms with Crippen molar-refractivity contribution in [1.29, 1.82) is 0 Å². The molecule has 9 heteroatoms. The molecule has 0 aliphatic rings. The van der Waals surface area contributed by atoms with Crippen LogP contribution in [0.2, 0.25) is 5.02 Å². The highest BCUT2D eigenvalue weighted by atomic mass is 35.5. The molecule has 3 rings (SSSR count). The summed E-state index contributed by atoms with van der Waals surface area (Å²) in [6.45, 7) is 10.1. The number of hydrogen-bond acceptors (Lipinski definition) is 4. The molecule has 33 heavy (non-hydrogen) atoms. The smallest absolute Gasteiger partial charge is 0.259 e. The average molecular weight is 489 g/mol. The van der Waals surface area contributed by atoms with E-state index < -0.39 is 10.0 Å². The highest BCUT2D eigenvalue weighted by molar-refractivity contribution is 7.89. The van der Waals surface area contributed by atoms with Gasteiger partial charge in [-0.15, -0.1) is 0 Å². The third kappa shape index (κ3) is 5.13. The van der Waals surface area contributed by atoms with Gasteiger partial charge >= 0.3 is 0 Å². The van der Waals surface area contributed by atoms with Crippen LogP contribution in [-0.4, -0.2) is 41.5 Å². The van der Waals surface area contributed by atoms with Crippen molar-refractivity contribution in [2.45, 2.75) is 46.1 Å². The topological polar surface area (TPSA) is 84.3 Å². The van der Waals surface area contributed by atoms with Crippen molar-refractivity contribution in [2.75, 3.05) is 18.4 Å². The molecule has 0 saturated heterocycles. The SMILES string of the molecule is CCN(CC)S(=O)(=O)c1cc(NC(=O)c2c(C)nn(Cc3ccccc3Cl)c2C)ccc1C. The maximum absolute atomic E-state index is 13.1. The summed E-state index contributed by atoms with van der Waals surface area (Å²) in [6, 6.07) is 12.4. The van der Waals surface area contributed by atoms with Crippen molar-refractivity contribution < 1.29 is 13.2 Å². The van der Waals surface area contributed by atoms with E-state index in [1.54, 1.807) is 44.5 Å². The molecule has 1 heterocycles. The quantitative estimate of drug-likeness (QED) is 0.494. The molecule has 0 aliphatic heterocycles. The molecule has 1 amide bonds. The van der Waals surface area contributed by atoms with Gasteiger partial charge in [0.2, 0.25) is 10.0 Å². The van der Waals surface area contributed by atoms with E-state index in [1.165, 1.54) is 10.4 Å². The van der Waals surface area contributed by atoms with Crippen LogP contribution in [0.15, 0.2) is 47.4 Å². The lowest BCUT2D eigenvalue weighted by molar-refractivity contribution is 0.102. The standard InChI is InChI=1S/C24H29ClN4O3S/c1-6-28(7-2)33(31,32)22-14-20(13-12-16(22)3)26-24(30)23-17(4)27-29(18(23)5)15-19-10-8-9-11-21(19)25/h8-14H,6-7,15H2,1-5H3,(H,26,30). The molecule has 0 aliphatic carbocycles. The number of carbonyl (C=O) groups is 1. The van der Waals surface area contributed by atoms with Crippen molar-refractivity contribution in [3.8, 4) is 0 Å². The highest BCUT2D eigenvalue weighted by Crippen LogP contribution is 2.25. The Hall–Kier alpha value is -2.68. The Kier molecular flexibility index (Phi) is 7.62. The van der Waals surface area contributed by atoms with E-state index in [1.807, 2.05) is 31.2 Å². The van der Waals surface area contributed by atoms with Crippen LogP contribution in [0.1, 0.15) is 46.7 Å². The number of hydrogen-bond donors (Lipinski definition) is 1. The van der Waals surface area contributed by atoms with Crippen LogP contribution in [0, 0.1) is 20.8 Å². The van der Waals surface area contributed by atoms with Crippen molar-refractivity contribution in [3.63, 3.8) is 0 Å². The van der Waals surface area contributed by atoms with Gasteiger partial charge in [0, 0.05) is 29.5 Å². The Morgan fingerprint density at radius 2 is 1.76 bits per heavy atom. The average Bonchev–Trinajstić information content (AvgIpc) is 3.04. The van der Waals surface area contributed by atoms with Gasteiger partial charge in [0.25, 0.3) is 5.91 Å². The van der Waals surface area contributed by atoms with E-state index in [2.05, 4.69) is 10.4 Å². The van der Waals surface area contributed by atoms with Gasteiger partial charge in [-0.05, 0) is 50.1 Å². The molecule has 1 N–H and O–H groups in total. The van der Waals surface area contributed by atoms with Crippen LogP contribution in [0.25, 0.3) is 0 Å². The number of benzene rings is 2. The maximum atomic E-state index is 13.1. The highest BCUT2D eigenvalue weighted by Gasteiger charge is 2.25. The largest absolute Gasteiger partial charge is 0.322 e. The van der Waals surface area contributed by atoms with Crippen LogP contribution < -0.4 is 5.32 Å². The fraction of sp³-hybridized carbons (Fsp3) is 0.333. The zero-order valence-corrected chi connectivity index (χ0v) is 21.1. The fourth-order valence-corrected chi connectivity index (χ4v) is 5.72. The fourth-order valence-electron chi connectivity index (χ4n) is 3.82. The first kappa shape index (κ1) is 25.0. The van der Waals surface area contributed by atoms with Crippen molar-refractivity contribution in [3.05, 3.63) is 75.6 Å². The molecule has 0 unspecified atom stereocenters. The molecule has 7 nitrogen and oxygen atoms in total. The first-order chi connectivity index (χ1) is 15.6. The molecule has 0 bridgehead atoms. The number of sulfonamides is 1. The molecule has 0 atom stereocenters. The minimum absolute atomic E-state index is 0.187. The second-order valence-electron chi connectivity index (χ2n) is 7.82. The Morgan fingerprint density at radius 1 is 1.09 bits per heavy atom. The zero-order chi connectivity index (χ0) is 24.3. The lowest BCUT2D eigenvalue weighted by atomic mass is 10.1. The number of anilines is 1. The minimum atomic E-state index is -3.65. The number of halogens is 1. The van der Waals surface area contributed by atoms with E-state index in [0.29, 0.717) is 52.9 Å². The third-order valence-corrected chi connectivity index (χ3v) is 8.22. The molecule has 0 radical (unpaired) electrons. The molecular formula is C24H29ClN4O3S. The van der Waals surface area contributed by atoms with E-state index in [4.69, 9.17) is 11.6 Å². The van der Waals surface area contributed by atoms with Crippen LogP contribution >= 0.6 is 11.6 Å². The number of nitrogens with zero attached hydrogens (tertiary/aromatic N) is 3. The minimum Gasteiger partial charge on any atom is -0.322 e. The predicted molar refractivity (Wildman–Crippen MR) is 131 cm³/mol. The summed E-state index contributed by atoms with van der Waals surface area (Å²) in [6.07, 6.45) is 0. The van der Waals surface area contributed by atoms with E-state index in [0.717, 1.165) is 5.56 Å². The molecule has 176 valence electrons. The summed E-state index contributed by atoms with van der Waals surface area (Å²) in [7, 11) is -3.65. The summed E-state index contributed by atoms with van der Waals surface area (Å²) in [5, 5.41) is 8.00. The number of carbonyl (C=O) groups excluding carboxylic acids is 1. The Morgan fingerprint density at radius 3 is 2.39 bits per heavy atom. The van der Waals surface area contributed by atoms with Crippen molar-refractivity contribution in [2.24, 2.45) is 0 Å². The number of nitrogens with one attached hydrogen (secondary N) is 1. The normalized spacial score (nSPS) is 11.7. The van der Waals surface area contributed by atoms with Crippen LogP contribution in [0.4, 0.5) is 5.69 Å². The van der Waals surface area contributed by atoms with Crippen LogP contribution in [0.3, 0.4) is 0 Å². The lowest BCUT2D eigenvalue weighted by Gasteiger charge is -2.20. The van der Waals surface area contributed by atoms with Crippen molar-refractivity contribution >= 4 is 33.2 Å². The van der Waals surface area contributed by atoms with Gasteiger partial charge in [-0.25, -0.2) is 8.42 Å². The van der Waals surface area contributed by atoms with Crippen LogP contribution in [-0.2, 0) is 16.6 Å². The summed E-state index contributed by atoms with van der Waals surface area (Å²) in [5.74, 6) is -0.342. The number of rotatable bonds is 8.